The van der Waals surface area contributed by atoms with Gasteiger partial charge in [0.1, 0.15) is 22.3 Å². The van der Waals surface area contributed by atoms with Crippen LogP contribution in [0.1, 0.15) is 0 Å². The van der Waals surface area contributed by atoms with Gasteiger partial charge in [0.2, 0.25) is 0 Å². The third-order valence-corrected chi connectivity index (χ3v) is 3.84. The molecule has 0 saturated heterocycles. The minimum atomic E-state index is -4.14. The molecule has 0 saturated carbocycles. The predicted molar refractivity (Wildman–Crippen MR) is 83.5 cm³/mol. The lowest BCUT2D eigenvalue weighted by molar-refractivity contribution is 0.487. The Morgan fingerprint density at radius 3 is 2.52 bits per heavy atom. The fourth-order valence-electron chi connectivity index (χ4n) is 2.55. The minimum Gasteiger partial charge on any atom is -0.455 e. The lowest BCUT2D eigenvalue weighted by atomic mass is 10.1. The summed E-state index contributed by atoms with van der Waals surface area (Å²) in [5.41, 5.74) is 0.548. The maximum absolute atomic E-state index is 12.2. The van der Waals surface area contributed by atoms with Gasteiger partial charge in [-0.3, -0.25) is 0 Å². The van der Waals surface area contributed by atoms with Gasteiger partial charge in [0, 0.05) is 11.5 Å². The van der Waals surface area contributed by atoms with E-state index in [0.29, 0.717) is 32.9 Å². The van der Waals surface area contributed by atoms with Crippen LogP contribution >= 0.6 is 0 Å². The molecule has 4 rings (SSSR count). The summed E-state index contributed by atoms with van der Waals surface area (Å²) in [7, 11) is -4.14. The normalized spacial score (nSPS) is 12.2. The van der Waals surface area contributed by atoms with Gasteiger partial charge >= 0.3 is 15.9 Å². The third-order valence-electron chi connectivity index (χ3n) is 3.41. The summed E-state index contributed by atoms with van der Waals surface area (Å²) < 4.78 is 37.6. The van der Waals surface area contributed by atoms with Crippen LogP contribution in [-0.4, -0.2) is 8.42 Å². The van der Waals surface area contributed by atoms with Crippen LogP contribution in [0.2, 0.25) is 0 Å². The zero-order chi connectivity index (χ0) is 16.2. The van der Waals surface area contributed by atoms with Crippen LogP contribution in [0.25, 0.3) is 32.9 Å². The molecule has 0 spiro atoms. The lowest BCUT2D eigenvalue weighted by Gasteiger charge is -2.00. The molecule has 23 heavy (non-hydrogen) atoms. The molecule has 2 heterocycles. The number of fused-ring (bicyclic) bond motifs is 5. The molecule has 0 radical (unpaired) electrons. The zero-order valence-corrected chi connectivity index (χ0v) is 12.3. The van der Waals surface area contributed by atoms with Crippen LogP contribution in [0.3, 0.4) is 0 Å². The minimum absolute atomic E-state index is 0.00671. The average molecular weight is 331 g/mol. The van der Waals surface area contributed by atoms with Crippen LogP contribution in [-0.2, 0) is 10.3 Å². The Hall–Kier alpha value is -2.84. The average Bonchev–Trinajstić information content (AvgIpc) is 2.85. The second-order valence-corrected chi connectivity index (χ2v) is 6.08. The first-order valence-corrected chi connectivity index (χ1v) is 8.00. The summed E-state index contributed by atoms with van der Waals surface area (Å²) in [6.45, 7) is 0. The highest BCUT2D eigenvalue weighted by Crippen LogP contribution is 2.33. The van der Waals surface area contributed by atoms with Crippen molar-refractivity contribution in [3.05, 3.63) is 52.9 Å². The highest BCUT2D eigenvalue weighted by molar-refractivity contribution is 7.84. The fourth-order valence-corrected chi connectivity index (χ4v) is 2.92. The quantitative estimate of drug-likeness (QED) is 0.564. The molecule has 4 aromatic rings. The second kappa shape index (κ2) is 4.58. The molecule has 0 fully saturated rings. The second-order valence-electron chi connectivity index (χ2n) is 4.93. The highest BCUT2D eigenvalue weighted by Gasteiger charge is 2.17. The van der Waals surface area contributed by atoms with Gasteiger partial charge in [-0.2, -0.15) is 13.6 Å². The molecule has 2 N–H and O–H groups in total. The molecule has 2 aromatic carbocycles. The topological polar surface area (TPSA) is 113 Å². The SMILES string of the molecule is NS(=O)(=O)Oc1ccc2c(c1)oc1c3ccccc3oc(=O)c21. The summed E-state index contributed by atoms with van der Waals surface area (Å²) in [5, 5.41) is 6.28. The van der Waals surface area contributed by atoms with Gasteiger partial charge < -0.3 is 13.0 Å². The highest BCUT2D eigenvalue weighted by atomic mass is 32.2. The largest absolute Gasteiger partial charge is 0.455 e. The van der Waals surface area contributed by atoms with E-state index in [2.05, 4.69) is 4.18 Å². The maximum Gasteiger partial charge on any atom is 0.380 e. The fraction of sp³-hybridized carbons (Fsp3) is 0. The van der Waals surface area contributed by atoms with Crippen LogP contribution in [0.15, 0.2) is 56.1 Å². The van der Waals surface area contributed by atoms with E-state index < -0.39 is 15.9 Å². The Morgan fingerprint density at radius 2 is 1.74 bits per heavy atom. The Morgan fingerprint density at radius 1 is 0.957 bits per heavy atom. The van der Waals surface area contributed by atoms with Crippen LogP contribution in [0.4, 0.5) is 0 Å². The van der Waals surface area contributed by atoms with E-state index in [9.17, 15) is 13.2 Å². The van der Waals surface area contributed by atoms with E-state index in [4.69, 9.17) is 14.0 Å². The van der Waals surface area contributed by atoms with E-state index in [-0.39, 0.29) is 5.75 Å². The first kappa shape index (κ1) is 13.8. The Balaban J connectivity index is 2.09. The molecular weight excluding hydrogens is 322 g/mol. The number of nitrogens with two attached hydrogens (primary N) is 1. The molecule has 0 unspecified atom stereocenters. The molecule has 0 aliphatic heterocycles. The van der Waals surface area contributed by atoms with E-state index in [0.717, 1.165) is 0 Å². The van der Waals surface area contributed by atoms with E-state index in [1.165, 1.54) is 18.2 Å². The predicted octanol–water partition coefficient (Wildman–Crippen LogP) is 2.27. The van der Waals surface area contributed by atoms with Crippen LogP contribution in [0.5, 0.6) is 5.75 Å². The van der Waals surface area contributed by atoms with Crippen molar-refractivity contribution in [2.24, 2.45) is 5.14 Å². The van der Waals surface area contributed by atoms with Crippen molar-refractivity contribution < 1.29 is 21.4 Å². The van der Waals surface area contributed by atoms with Crippen molar-refractivity contribution in [2.75, 3.05) is 0 Å². The zero-order valence-electron chi connectivity index (χ0n) is 11.5. The van der Waals surface area contributed by atoms with Gasteiger partial charge in [0.15, 0.2) is 5.58 Å². The van der Waals surface area contributed by atoms with Gasteiger partial charge in [-0.05, 0) is 24.3 Å². The van der Waals surface area contributed by atoms with E-state index >= 15 is 0 Å². The van der Waals surface area contributed by atoms with E-state index in [1.54, 1.807) is 24.3 Å². The molecule has 116 valence electrons. The number of furan rings is 1. The molecule has 0 atom stereocenters. The summed E-state index contributed by atoms with van der Waals surface area (Å²) >= 11 is 0. The standard InChI is InChI=1S/C15H9NO6S/c16-23(18,19)22-8-5-6-9-12(7-8)20-14-10-3-1-2-4-11(10)21-15(17)13(9)14/h1-7H,(H2,16,18,19). The molecule has 0 amide bonds. The van der Waals surface area contributed by atoms with Gasteiger partial charge in [0.05, 0.1) is 5.39 Å². The number of rotatable bonds is 2. The van der Waals surface area contributed by atoms with Crippen LogP contribution in [0, 0.1) is 0 Å². The third kappa shape index (κ3) is 2.24. The van der Waals surface area contributed by atoms with Gasteiger partial charge in [-0.1, -0.05) is 12.1 Å². The maximum atomic E-state index is 12.2. The van der Waals surface area contributed by atoms with Gasteiger partial charge in [0.25, 0.3) is 0 Å². The summed E-state index contributed by atoms with van der Waals surface area (Å²) in [5.74, 6) is -0.00671. The summed E-state index contributed by atoms with van der Waals surface area (Å²) in [6.07, 6.45) is 0. The smallest absolute Gasteiger partial charge is 0.380 e. The number of hydrogen-bond donors (Lipinski definition) is 1. The van der Waals surface area contributed by atoms with Crippen molar-refractivity contribution >= 4 is 43.2 Å². The first-order chi connectivity index (χ1) is 10.9. The van der Waals surface area contributed by atoms with E-state index in [1.807, 2.05) is 0 Å². The Labute approximate surface area is 129 Å². The van der Waals surface area contributed by atoms with Crippen molar-refractivity contribution in [2.45, 2.75) is 0 Å². The summed E-state index contributed by atoms with van der Waals surface area (Å²) in [6, 6.07) is 11.2. The van der Waals surface area contributed by atoms with Gasteiger partial charge in [-0.25, -0.2) is 4.79 Å². The molecule has 0 aliphatic carbocycles. The number of hydrogen-bond acceptors (Lipinski definition) is 6. The molecule has 7 nitrogen and oxygen atoms in total. The van der Waals surface area contributed by atoms with Crippen molar-refractivity contribution in [3.8, 4) is 5.75 Å². The lowest BCUT2D eigenvalue weighted by Crippen LogP contribution is -2.18. The first-order valence-electron chi connectivity index (χ1n) is 6.53. The molecule has 0 aliphatic rings. The number of benzene rings is 2. The number of para-hydroxylation sites is 1. The van der Waals surface area contributed by atoms with Gasteiger partial charge in [-0.15, -0.1) is 0 Å². The van der Waals surface area contributed by atoms with Crippen molar-refractivity contribution in [1.82, 2.24) is 0 Å². The Kier molecular flexibility index (Phi) is 2.75. The van der Waals surface area contributed by atoms with Crippen molar-refractivity contribution in [1.29, 1.82) is 0 Å². The Bertz CT molecular complexity index is 1240. The molecular formula is C15H9NO6S. The molecule has 8 heteroatoms. The molecule has 2 aromatic heterocycles. The molecule has 0 bridgehead atoms. The summed E-state index contributed by atoms with van der Waals surface area (Å²) in [4.78, 5) is 12.2. The van der Waals surface area contributed by atoms with Crippen LogP contribution < -0.4 is 14.9 Å². The van der Waals surface area contributed by atoms with Crippen molar-refractivity contribution in [3.63, 3.8) is 0 Å². The monoisotopic (exact) mass is 331 g/mol.